The van der Waals surface area contributed by atoms with Crippen LogP contribution in [0.4, 0.5) is 10.8 Å². The molecule has 0 saturated carbocycles. The van der Waals surface area contributed by atoms with Crippen molar-refractivity contribution in [3.63, 3.8) is 0 Å². The highest BCUT2D eigenvalue weighted by Crippen LogP contribution is 2.29. The molecule has 0 saturated heterocycles. The zero-order valence-corrected chi connectivity index (χ0v) is 17.6. The Morgan fingerprint density at radius 2 is 1.93 bits per heavy atom. The van der Waals surface area contributed by atoms with Gasteiger partial charge in [-0.3, -0.25) is 9.59 Å². The van der Waals surface area contributed by atoms with Gasteiger partial charge < -0.3 is 15.2 Å². The van der Waals surface area contributed by atoms with Crippen molar-refractivity contribution in [1.82, 2.24) is 14.5 Å². The highest BCUT2D eigenvalue weighted by Gasteiger charge is 2.12. The molecule has 0 atom stereocenters. The maximum Gasteiger partial charge on any atom is 0.234 e. The minimum absolute atomic E-state index is 0.101. The Labute approximate surface area is 175 Å². The number of para-hydroxylation sites is 2. The smallest absolute Gasteiger partial charge is 0.234 e. The van der Waals surface area contributed by atoms with Crippen molar-refractivity contribution in [2.75, 3.05) is 16.4 Å². The van der Waals surface area contributed by atoms with Gasteiger partial charge in [-0.15, -0.1) is 0 Å². The molecule has 0 radical (unpaired) electrons. The maximum atomic E-state index is 12.4. The fourth-order valence-electron chi connectivity index (χ4n) is 3.00. The second kappa shape index (κ2) is 8.22. The Morgan fingerprint density at radius 3 is 2.72 bits per heavy atom. The van der Waals surface area contributed by atoms with Gasteiger partial charge in [-0.05, 0) is 37.3 Å². The molecule has 0 unspecified atom stereocenters. The standard InChI is InChI=1S/C20H19N5O2S2/c1-3-25-16-7-5-4-6-14(16)24-20(25)28-11-18(27)22-13-8-9-15-17(10-13)29-19(23-15)21-12(2)26/h4-10H,3,11H2,1-2H3,(H,22,27)(H,21,23,26). The van der Waals surface area contributed by atoms with Crippen LogP contribution in [0.25, 0.3) is 21.3 Å². The molecule has 0 aliphatic heterocycles. The monoisotopic (exact) mass is 425 g/mol. The first-order valence-corrected chi connectivity index (χ1v) is 10.9. The third kappa shape index (κ3) is 4.25. The summed E-state index contributed by atoms with van der Waals surface area (Å²) < 4.78 is 3.01. The van der Waals surface area contributed by atoms with E-state index in [9.17, 15) is 9.59 Å². The van der Waals surface area contributed by atoms with Gasteiger partial charge in [0.15, 0.2) is 10.3 Å². The molecule has 4 aromatic rings. The molecule has 2 heterocycles. The molecular formula is C20H19N5O2S2. The number of thiazole rings is 1. The third-order valence-electron chi connectivity index (χ3n) is 4.22. The number of thioether (sulfide) groups is 1. The molecule has 4 rings (SSSR count). The van der Waals surface area contributed by atoms with Crippen molar-refractivity contribution in [3.05, 3.63) is 42.5 Å². The minimum atomic E-state index is -0.160. The summed E-state index contributed by atoms with van der Waals surface area (Å²) in [5, 5.41) is 6.98. The molecule has 0 aliphatic rings. The molecule has 0 fully saturated rings. The van der Waals surface area contributed by atoms with Gasteiger partial charge in [0.1, 0.15) is 0 Å². The molecule has 0 bridgehead atoms. The Hall–Kier alpha value is -2.91. The second-order valence-corrected chi connectivity index (χ2v) is 8.32. The van der Waals surface area contributed by atoms with Gasteiger partial charge in [0.2, 0.25) is 11.8 Å². The van der Waals surface area contributed by atoms with Gasteiger partial charge in [0.05, 0.1) is 27.0 Å². The zero-order valence-electron chi connectivity index (χ0n) is 15.9. The quantitative estimate of drug-likeness (QED) is 0.448. The molecular weight excluding hydrogens is 406 g/mol. The van der Waals surface area contributed by atoms with E-state index in [1.165, 1.54) is 30.0 Å². The Kier molecular flexibility index (Phi) is 5.50. The van der Waals surface area contributed by atoms with Crippen LogP contribution in [0.3, 0.4) is 0 Å². The summed E-state index contributed by atoms with van der Waals surface area (Å²) in [6, 6.07) is 13.5. The average Bonchev–Trinajstić information content (AvgIpc) is 3.25. The topological polar surface area (TPSA) is 88.9 Å². The molecule has 148 valence electrons. The lowest BCUT2D eigenvalue weighted by Gasteiger charge is -2.07. The van der Waals surface area contributed by atoms with Gasteiger partial charge in [-0.25, -0.2) is 9.97 Å². The number of fused-ring (bicyclic) bond motifs is 2. The summed E-state index contributed by atoms with van der Waals surface area (Å²) in [7, 11) is 0. The summed E-state index contributed by atoms with van der Waals surface area (Å²) >= 11 is 2.79. The number of carbonyl (C=O) groups is 2. The number of nitrogens with zero attached hydrogens (tertiary/aromatic N) is 3. The molecule has 9 heteroatoms. The predicted molar refractivity (Wildman–Crippen MR) is 119 cm³/mol. The normalized spacial score (nSPS) is 11.1. The fourth-order valence-corrected chi connectivity index (χ4v) is 4.83. The summed E-state index contributed by atoms with van der Waals surface area (Å²) in [6.45, 7) is 4.31. The maximum absolute atomic E-state index is 12.4. The predicted octanol–water partition coefficient (Wildman–Crippen LogP) is 4.36. The van der Waals surface area contributed by atoms with Gasteiger partial charge in [-0.2, -0.15) is 0 Å². The minimum Gasteiger partial charge on any atom is -0.325 e. The van der Waals surface area contributed by atoms with Crippen LogP contribution >= 0.6 is 23.1 Å². The van der Waals surface area contributed by atoms with Crippen LogP contribution < -0.4 is 10.6 Å². The number of imidazole rings is 1. The molecule has 2 amide bonds. The average molecular weight is 426 g/mol. The van der Waals surface area contributed by atoms with Crippen LogP contribution in [0.5, 0.6) is 0 Å². The summed E-state index contributed by atoms with van der Waals surface area (Å²) in [6.07, 6.45) is 0. The Balaban J connectivity index is 1.44. The largest absolute Gasteiger partial charge is 0.325 e. The summed E-state index contributed by atoms with van der Waals surface area (Å²) in [4.78, 5) is 32.6. The van der Waals surface area contributed by atoms with Gasteiger partial charge in [-0.1, -0.05) is 35.2 Å². The SMILES string of the molecule is CCn1c(SCC(=O)Nc2ccc3nc(NC(C)=O)sc3c2)nc2ccccc21. The third-order valence-corrected chi connectivity index (χ3v) is 6.13. The van der Waals surface area contributed by atoms with E-state index in [2.05, 4.69) is 32.1 Å². The van der Waals surface area contributed by atoms with E-state index in [4.69, 9.17) is 0 Å². The molecule has 2 aromatic carbocycles. The van der Waals surface area contributed by atoms with Crippen molar-refractivity contribution >= 4 is 67.0 Å². The lowest BCUT2D eigenvalue weighted by molar-refractivity contribution is -0.114. The molecule has 0 aliphatic carbocycles. The van der Waals surface area contributed by atoms with E-state index in [1.54, 1.807) is 0 Å². The number of aryl methyl sites for hydroxylation is 1. The van der Waals surface area contributed by atoms with Crippen LogP contribution in [0.1, 0.15) is 13.8 Å². The Morgan fingerprint density at radius 1 is 1.10 bits per heavy atom. The number of rotatable bonds is 6. The van der Waals surface area contributed by atoms with Crippen molar-refractivity contribution in [2.24, 2.45) is 0 Å². The highest BCUT2D eigenvalue weighted by atomic mass is 32.2. The number of hydrogen-bond acceptors (Lipinski definition) is 6. The lowest BCUT2D eigenvalue weighted by Crippen LogP contribution is -2.14. The van der Waals surface area contributed by atoms with Crippen LogP contribution in [-0.4, -0.2) is 32.1 Å². The summed E-state index contributed by atoms with van der Waals surface area (Å²) in [5.74, 6) is 0.00430. The second-order valence-electron chi connectivity index (χ2n) is 6.35. The number of nitrogens with one attached hydrogen (secondary N) is 2. The van der Waals surface area contributed by atoms with Gasteiger partial charge in [0, 0.05) is 19.2 Å². The van der Waals surface area contributed by atoms with E-state index in [0.717, 1.165) is 33.0 Å². The van der Waals surface area contributed by atoms with E-state index >= 15 is 0 Å². The number of aromatic nitrogens is 3. The number of amides is 2. The first kappa shape index (κ1) is 19.4. The molecule has 0 spiro atoms. The van der Waals surface area contributed by atoms with Crippen molar-refractivity contribution in [2.45, 2.75) is 25.5 Å². The van der Waals surface area contributed by atoms with E-state index in [-0.39, 0.29) is 17.6 Å². The number of hydrogen-bond donors (Lipinski definition) is 2. The van der Waals surface area contributed by atoms with Crippen molar-refractivity contribution < 1.29 is 9.59 Å². The summed E-state index contributed by atoms with van der Waals surface area (Å²) in [5.41, 5.74) is 3.49. The van der Waals surface area contributed by atoms with Gasteiger partial charge >= 0.3 is 0 Å². The van der Waals surface area contributed by atoms with E-state index in [0.29, 0.717) is 10.8 Å². The first-order valence-electron chi connectivity index (χ1n) is 9.09. The van der Waals surface area contributed by atoms with Crippen LogP contribution in [0, 0.1) is 0 Å². The zero-order chi connectivity index (χ0) is 20.4. The van der Waals surface area contributed by atoms with Crippen LogP contribution in [-0.2, 0) is 16.1 Å². The van der Waals surface area contributed by atoms with Crippen LogP contribution in [0.15, 0.2) is 47.6 Å². The number of anilines is 2. The molecule has 7 nitrogen and oxygen atoms in total. The number of benzene rings is 2. The lowest BCUT2D eigenvalue weighted by atomic mass is 10.3. The van der Waals surface area contributed by atoms with Crippen LogP contribution in [0.2, 0.25) is 0 Å². The first-order chi connectivity index (χ1) is 14.0. The van der Waals surface area contributed by atoms with Gasteiger partial charge in [0.25, 0.3) is 0 Å². The fraction of sp³-hybridized carbons (Fsp3) is 0.200. The Bertz CT molecular complexity index is 1210. The molecule has 2 aromatic heterocycles. The number of carbonyl (C=O) groups excluding carboxylic acids is 2. The van der Waals surface area contributed by atoms with E-state index in [1.807, 2.05) is 42.5 Å². The molecule has 29 heavy (non-hydrogen) atoms. The highest BCUT2D eigenvalue weighted by molar-refractivity contribution is 7.99. The molecule has 2 N–H and O–H groups in total. The van der Waals surface area contributed by atoms with Crippen molar-refractivity contribution in [3.8, 4) is 0 Å². The van der Waals surface area contributed by atoms with Crippen molar-refractivity contribution in [1.29, 1.82) is 0 Å². The van der Waals surface area contributed by atoms with E-state index < -0.39 is 0 Å².